The average molecular weight is 310 g/mol. The average Bonchev–Trinajstić information content (AvgIpc) is 2.45. The second-order valence-electron chi connectivity index (χ2n) is 4.33. The van der Waals surface area contributed by atoms with Gasteiger partial charge < -0.3 is 10.6 Å². The minimum absolute atomic E-state index is 0.502. The van der Waals surface area contributed by atoms with Crippen LogP contribution in [-0.2, 0) is 6.42 Å². The summed E-state index contributed by atoms with van der Waals surface area (Å²) in [7, 11) is 1.78. The number of thioether (sulfide) groups is 1. The smallest absolute Gasteiger partial charge is 0.191 e. The predicted molar refractivity (Wildman–Crippen MR) is 81.9 cm³/mol. The molecule has 1 aromatic carbocycles. The Balaban J connectivity index is 1.99. The highest BCUT2D eigenvalue weighted by molar-refractivity contribution is 7.98. The van der Waals surface area contributed by atoms with Crippen LogP contribution in [0.2, 0.25) is 0 Å². The third-order valence-corrected chi connectivity index (χ3v) is 3.33. The zero-order valence-corrected chi connectivity index (χ0v) is 12.6. The molecule has 2 rings (SSSR count). The minimum Gasteiger partial charge on any atom is -0.373 e. The summed E-state index contributed by atoms with van der Waals surface area (Å²) < 4.78 is 26.2. The first-order chi connectivity index (χ1) is 10.1. The summed E-state index contributed by atoms with van der Waals surface area (Å²) in [6, 6.07) is 5.31. The zero-order valence-electron chi connectivity index (χ0n) is 11.8. The Morgan fingerprint density at radius 1 is 1.05 bits per heavy atom. The third-order valence-electron chi connectivity index (χ3n) is 2.79. The molecule has 21 heavy (non-hydrogen) atoms. The Morgan fingerprint density at radius 3 is 2.33 bits per heavy atom. The van der Waals surface area contributed by atoms with Gasteiger partial charge in [-0.05, 0) is 30.4 Å². The van der Waals surface area contributed by atoms with E-state index >= 15 is 0 Å². The van der Waals surface area contributed by atoms with E-state index < -0.39 is 11.6 Å². The first-order valence-corrected chi connectivity index (χ1v) is 7.63. The van der Waals surface area contributed by atoms with Gasteiger partial charge in [-0.25, -0.2) is 18.7 Å². The summed E-state index contributed by atoms with van der Waals surface area (Å²) >= 11 is 1.44. The molecular weight excluding hydrogens is 294 g/mol. The van der Waals surface area contributed by atoms with Gasteiger partial charge in [-0.1, -0.05) is 11.8 Å². The monoisotopic (exact) mass is 310 g/mol. The maximum Gasteiger partial charge on any atom is 0.191 e. The molecule has 0 atom stereocenters. The van der Waals surface area contributed by atoms with Gasteiger partial charge in [0.2, 0.25) is 0 Å². The number of nitrogens with zero attached hydrogens (tertiary/aromatic N) is 2. The fraction of sp³-hybridized carbons (Fsp3) is 0.286. The maximum absolute atomic E-state index is 13.1. The lowest BCUT2D eigenvalue weighted by Gasteiger charge is -2.09. The van der Waals surface area contributed by atoms with Crippen molar-refractivity contribution in [2.45, 2.75) is 11.6 Å². The van der Waals surface area contributed by atoms with E-state index in [-0.39, 0.29) is 0 Å². The fourth-order valence-corrected chi connectivity index (χ4v) is 2.20. The molecule has 112 valence electrons. The van der Waals surface area contributed by atoms with Crippen molar-refractivity contribution in [2.75, 3.05) is 30.5 Å². The molecule has 0 spiro atoms. The highest BCUT2D eigenvalue weighted by Crippen LogP contribution is 2.17. The van der Waals surface area contributed by atoms with E-state index in [1.54, 1.807) is 13.1 Å². The highest BCUT2D eigenvalue weighted by Gasteiger charge is 2.04. The Morgan fingerprint density at radius 2 is 1.71 bits per heavy atom. The summed E-state index contributed by atoms with van der Waals surface area (Å²) in [6.45, 7) is 0.525. The summed E-state index contributed by atoms with van der Waals surface area (Å²) in [5, 5.41) is 6.75. The molecule has 0 amide bonds. The first-order valence-electron chi connectivity index (χ1n) is 6.40. The number of hydrogen-bond acceptors (Lipinski definition) is 5. The van der Waals surface area contributed by atoms with Crippen LogP contribution in [0.1, 0.15) is 5.56 Å². The second kappa shape index (κ2) is 7.21. The lowest BCUT2D eigenvalue weighted by Crippen LogP contribution is -2.08. The summed E-state index contributed by atoms with van der Waals surface area (Å²) in [6.07, 6.45) is 2.40. The van der Waals surface area contributed by atoms with Gasteiger partial charge in [-0.3, -0.25) is 0 Å². The largest absolute Gasteiger partial charge is 0.373 e. The minimum atomic E-state index is -0.561. The number of benzene rings is 1. The van der Waals surface area contributed by atoms with Crippen molar-refractivity contribution >= 4 is 23.4 Å². The van der Waals surface area contributed by atoms with Crippen LogP contribution < -0.4 is 10.6 Å². The Labute approximate surface area is 126 Å². The molecule has 1 heterocycles. The Kier molecular flexibility index (Phi) is 5.32. The van der Waals surface area contributed by atoms with E-state index in [1.165, 1.54) is 23.9 Å². The van der Waals surface area contributed by atoms with Gasteiger partial charge in [0.05, 0.1) is 0 Å². The number of rotatable bonds is 6. The molecule has 2 N–H and O–H groups in total. The molecule has 4 nitrogen and oxygen atoms in total. The van der Waals surface area contributed by atoms with E-state index in [4.69, 9.17) is 0 Å². The molecule has 0 radical (unpaired) electrons. The number of nitrogens with one attached hydrogen (secondary N) is 2. The molecule has 0 unspecified atom stereocenters. The van der Waals surface area contributed by atoms with E-state index in [9.17, 15) is 8.78 Å². The molecule has 0 aliphatic carbocycles. The molecule has 0 aliphatic rings. The number of hydrogen-bond donors (Lipinski definition) is 2. The van der Waals surface area contributed by atoms with Gasteiger partial charge in [0, 0.05) is 25.7 Å². The molecule has 0 bridgehead atoms. The second-order valence-corrected chi connectivity index (χ2v) is 5.10. The zero-order chi connectivity index (χ0) is 15.2. The number of anilines is 2. The Bertz CT molecular complexity index is 579. The highest BCUT2D eigenvalue weighted by atomic mass is 32.2. The molecule has 7 heteroatoms. The molecule has 0 saturated heterocycles. The molecule has 0 saturated carbocycles. The lowest BCUT2D eigenvalue weighted by molar-refractivity contribution is 0.580. The van der Waals surface area contributed by atoms with Crippen LogP contribution in [-0.4, -0.2) is 29.8 Å². The Hall–Kier alpha value is -1.89. The van der Waals surface area contributed by atoms with Gasteiger partial charge in [-0.2, -0.15) is 0 Å². The van der Waals surface area contributed by atoms with Crippen LogP contribution in [0.5, 0.6) is 0 Å². The number of aromatic nitrogens is 2. The molecular formula is C14H16F2N4S. The van der Waals surface area contributed by atoms with Gasteiger partial charge in [0.1, 0.15) is 23.3 Å². The normalized spacial score (nSPS) is 10.5. The molecule has 2 aromatic rings. The predicted octanol–water partition coefficient (Wildman–Crippen LogP) is 3.17. The van der Waals surface area contributed by atoms with Crippen molar-refractivity contribution in [1.82, 2.24) is 9.97 Å². The molecule has 1 aromatic heterocycles. The molecule has 0 aliphatic heterocycles. The van der Waals surface area contributed by atoms with Crippen molar-refractivity contribution in [3.8, 4) is 0 Å². The quantitative estimate of drug-likeness (QED) is 0.634. The van der Waals surface area contributed by atoms with Crippen molar-refractivity contribution in [1.29, 1.82) is 0 Å². The van der Waals surface area contributed by atoms with E-state index in [2.05, 4.69) is 20.6 Å². The summed E-state index contributed by atoms with van der Waals surface area (Å²) in [5.74, 6) is 0.271. The van der Waals surface area contributed by atoms with Gasteiger partial charge in [0.25, 0.3) is 0 Å². The van der Waals surface area contributed by atoms with Gasteiger partial charge >= 0.3 is 0 Å². The van der Waals surface area contributed by atoms with Crippen LogP contribution >= 0.6 is 11.8 Å². The number of halogens is 2. The summed E-state index contributed by atoms with van der Waals surface area (Å²) in [4.78, 5) is 8.58. The van der Waals surface area contributed by atoms with E-state index in [0.29, 0.717) is 35.3 Å². The van der Waals surface area contributed by atoms with E-state index in [0.717, 1.165) is 6.07 Å². The van der Waals surface area contributed by atoms with Crippen molar-refractivity contribution in [3.05, 3.63) is 41.5 Å². The first kappa shape index (κ1) is 15.5. The fourth-order valence-electron chi connectivity index (χ4n) is 1.83. The van der Waals surface area contributed by atoms with Crippen LogP contribution in [0.25, 0.3) is 0 Å². The van der Waals surface area contributed by atoms with Crippen molar-refractivity contribution in [2.24, 2.45) is 0 Å². The van der Waals surface area contributed by atoms with Gasteiger partial charge in [0.15, 0.2) is 5.16 Å². The SMILES string of the molecule is CNc1cc(NCCc2cc(F)cc(F)c2)nc(SC)n1. The van der Waals surface area contributed by atoms with Crippen LogP contribution in [0.15, 0.2) is 29.4 Å². The third kappa shape index (κ3) is 4.56. The topological polar surface area (TPSA) is 49.8 Å². The lowest BCUT2D eigenvalue weighted by atomic mass is 10.1. The van der Waals surface area contributed by atoms with Gasteiger partial charge in [-0.15, -0.1) is 0 Å². The van der Waals surface area contributed by atoms with Crippen LogP contribution in [0.3, 0.4) is 0 Å². The summed E-state index contributed by atoms with van der Waals surface area (Å²) in [5.41, 5.74) is 0.605. The maximum atomic E-state index is 13.1. The molecule has 0 fully saturated rings. The standard InChI is InChI=1S/C14H16F2N4S/c1-17-12-8-13(20-14(19-12)21-2)18-4-3-9-5-10(15)7-11(16)6-9/h5-8H,3-4H2,1-2H3,(H2,17,18,19,20). The van der Waals surface area contributed by atoms with Crippen LogP contribution in [0.4, 0.5) is 20.4 Å². The van der Waals surface area contributed by atoms with Crippen molar-refractivity contribution < 1.29 is 8.78 Å². The van der Waals surface area contributed by atoms with E-state index in [1.807, 2.05) is 6.26 Å². The van der Waals surface area contributed by atoms with Crippen molar-refractivity contribution in [3.63, 3.8) is 0 Å². The van der Waals surface area contributed by atoms with Crippen LogP contribution in [0, 0.1) is 11.6 Å².